The van der Waals surface area contributed by atoms with Crippen LogP contribution < -0.4 is 4.74 Å². The topological polar surface area (TPSA) is 43.4 Å². The molecule has 0 unspecified atom stereocenters. The molecule has 2 rings (SSSR count). The van der Waals surface area contributed by atoms with Gasteiger partial charge in [-0.05, 0) is 36.1 Å². The molecular weight excluding hydrogens is 336 g/mol. The fraction of sp³-hybridized carbons (Fsp3) is 0.417. The summed E-state index contributed by atoms with van der Waals surface area (Å²) in [6.07, 6.45) is 6.04. The normalized spacial score (nSPS) is 10.6. The monoisotopic (exact) mass is 366 g/mol. The Morgan fingerprint density at radius 2 is 1.41 bits per heavy atom. The molecule has 0 aliphatic heterocycles. The van der Waals surface area contributed by atoms with E-state index in [-0.39, 0.29) is 18.0 Å². The molecule has 0 amide bonds. The average molecular weight is 367 g/mol. The fourth-order valence-corrected chi connectivity index (χ4v) is 2.96. The van der Waals surface area contributed by atoms with E-state index < -0.39 is 0 Å². The standard InChI is InChI=1S/C24H30O3/c1-3-5-6-7-17-27-23-15-13-20(14-16-23)19-9-11-21(12-10-19)24(26)18-22(25)8-4-2/h9-16H,3-8,17-18H2,1-2H3. The summed E-state index contributed by atoms with van der Waals surface area (Å²) in [7, 11) is 0. The molecule has 2 aromatic rings. The number of hydrogen-bond acceptors (Lipinski definition) is 3. The third-order valence-electron chi connectivity index (χ3n) is 4.55. The van der Waals surface area contributed by atoms with Gasteiger partial charge in [-0.15, -0.1) is 0 Å². The second-order valence-electron chi connectivity index (χ2n) is 6.90. The molecule has 3 heteroatoms. The molecule has 0 fully saturated rings. The van der Waals surface area contributed by atoms with Gasteiger partial charge in [0.1, 0.15) is 11.5 Å². The van der Waals surface area contributed by atoms with Crippen LogP contribution >= 0.6 is 0 Å². The van der Waals surface area contributed by atoms with Gasteiger partial charge in [0.05, 0.1) is 13.0 Å². The van der Waals surface area contributed by atoms with Gasteiger partial charge in [0, 0.05) is 12.0 Å². The summed E-state index contributed by atoms with van der Waals surface area (Å²) < 4.78 is 5.77. The van der Waals surface area contributed by atoms with E-state index in [9.17, 15) is 9.59 Å². The van der Waals surface area contributed by atoms with Crippen molar-refractivity contribution in [3.8, 4) is 16.9 Å². The summed E-state index contributed by atoms with van der Waals surface area (Å²) in [5, 5.41) is 0. The molecule has 0 atom stereocenters. The lowest BCUT2D eigenvalue weighted by Crippen LogP contribution is -2.07. The lowest BCUT2D eigenvalue weighted by atomic mass is 10.00. The highest BCUT2D eigenvalue weighted by Crippen LogP contribution is 2.23. The molecule has 27 heavy (non-hydrogen) atoms. The van der Waals surface area contributed by atoms with E-state index in [1.165, 1.54) is 19.3 Å². The van der Waals surface area contributed by atoms with Gasteiger partial charge in [0.2, 0.25) is 0 Å². The highest BCUT2D eigenvalue weighted by Gasteiger charge is 2.11. The van der Waals surface area contributed by atoms with E-state index in [4.69, 9.17) is 4.74 Å². The molecule has 0 spiro atoms. The predicted octanol–water partition coefficient (Wildman–Crippen LogP) is 6.25. The van der Waals surface area contributed by atoms with Crippen molar-refractivity contribution in [2.75, 3.05) is 6.61 Å². The molecular formula is C24H30O3. The third kappa shape index (κ3) is 7.01. The molecule has 0 saturated carbocycles. The first-order valence-corrected chi connectivity index (χ1v) is 10.0. The lowest BCUT2D eigenvalue weighted by molar-refractivity contribution is -0.118. The zero-order valence-electron chi connectivity index (χ0n) is 16.5. The maximum Gasteiger partial charge on any atom is 0.170 e. The number of ether oxygens (including phenoxy) is 1. The first-order chi connectivity index (χ1) is 13.1. The smallest absolute Gasteiger partial charge is 0.170 e. The summed E-state index contributed by atoms with van der Waals surface area (Å²) in [4.78, 5) is 23.8. The van der Waals surface area contributed by atoms with Gasteiger partial charge in [-0.25, -0.2) is 0 Å². The molecule has 2 aromatic carbocycles. The number of carbonyl (C=O) groups excluding carboxylic acids is 2. The molecule has 0 aliphatic rings. The number of carbonyl (C=O) groups is 2. The Bertz CT molecular complexity index is 714. The van der Waals surface area contributed by atoms with E-state index >= 15 is 0 Å². The molecule has 0 aliphatic carbocycles. The first kappa shape index (κ1) is 20.9. The van der Waals surface area contributed by atoms with Crippen molar-refractivity contribution in [3.63, 3.8) is 0 Å². The summed E-state index contributed by atoms with van der Waals surface area (Å²) in [5.74, 6) is 0.792. The Balaban J connectivity index is 1.90. The van der Waals surface area contributed by atoms with E-state index in [0.29, 0.717) is 12.0 Å². The quantitative estimate of drug-likeness (QED) is 0.253. The van der Waals surface area contributed by atoms with Crippen LogP contribution in [-0.2, 0) is 4.79 Å². The molecule has 0 bridgehead atoms. The van der Waals surface area contributed by atoms with Crippen LogP contribution in [0.2, 0.25) is 0 Å². The van der Waals surface area contributed by atoms with Crippen molar-refractivity contribution < 1.29 is 14.3 Å². The van der Waals surface area contributed by atoms with E-state index in [1.54, 1.807) is 12.1 Å². The Morgan fingerprint density at radius 3 is 2.00 bits per heavy atom. The maximum atomic E-state index is 12.2. The molecule has 3 nitrogen and oxygen atoms in total. The minimum absolute atomic E-state index is 0.00250. The molecule has 0 heterocycles. The second-order valence-corrected chi connectivity index (χ2v) is 6.90. The fourth-order valence-electron chi connectivity index (χ4n) is 2.96. The molecule has 0 radical (unpaired) electrons. The Kier molecular flexibility index (Phi) is 8.76. The number of unbranched alkanes of at least 4 members (excludes halogenated alkanes) is 3. The van der Waals surface area contributed by atoms with Crippen molar-refractivity contribution >= 4 is 11.6 Å². The molecule has 0 aromatic heterocycles. The van der Waals surface area contributed by atoms with Gasteiger partial charge < -0.3 is 4.74 Å². The van der Waals surface area contributed by atoms with Crippen LogP contribution in [0.15, 0.2) is 48.5 Å². The highest BCUT2D eigenvalue weighted by molar-refractivity contribution is 6.08. The number of rotatable bonds is 12. The van der Waals surface area contributed by atoms with Crippen LogP contribution in [0.3, 0.4) is 0 Å². The van der Waals surface area contributed by atoms with Crippen molar-refractivity contribution in [2.24, 2.45) is 0 Å². The first-order valence-electron chi connectivity index (χ1n) is 10.0. The van der Waals surface area contributed by atoms with Crippen LogP contribution in [0.25, 0.3) is 11.1 Å². The SMILES string of the molecule is CCCCCCOc1ccc(-c2ccc(C(=O)CC(=O)CCC)cc2)cc1. The van der Waals surface area contributed by atoms with Crippen LogP contribution in [0, 0.1) is 0 Å². The Hall–Kier alpha value is -2.42. The minimum Gasteiger partial charge on any atom is -0.494 e. The second kappa shape index (κ2) is 11.3. The van der Waals surface area contributed by atoms with Crippen molar-refractivity contribution in [3.05, 3.63) is 54.1 Å². The molecule has 0 N–H and O–H groups in total. The van der Waals surface area contributed by atoms with Crippen LogP contribution in [0.5, 0.6) is 5.75 Å². The molecule has 0 saturated heterocycles. The molecule has 144 valence electrons. The van der Waals surface area contributed by atoms with Crippen LogP contribution in [0.1, 0.15) is 69.2 Å². The van der Waals surface area contributed by atoms with Gasteiger partial charge in [-0.1, -0.05) is 69.5 Å². The van der Waals surface area contributed by atoms with Gasteiger partial charge >= 0.3 is 0 Å². The van der Waals surface area contributed by atoms with Crippen LogP contribution in [0.4, 0.5) is 0 Å². The Labute approximate surface area is 162 Å². The lowest BCUT2D eigenvalue weighted by Gasteiger charge is -2.08. The average Bonchev–Trinajstić information content (AvgIpc) is 2.68. The summed E-state index contributed by atoms with van der Waals surface area (Å²) >= 11 is 0. The largest absolute Gasteiger partial charge is 0.494 e. The van der Waals surface area contributed by atoms with E-state index in [1.807, 2.05) is 43.3 Å². The summed E-state index contributed by atoms with van der Waals surface area (Å²) in [6, 6.07) is 15.5. The zero-order chi connectivity index (χ0) is 19.5. The van der Waals surface area contributed by atoms with E-state index in [2.05, 4.69) is 6.92 Å². The van der Waals surface area contributed by atoms with Gasteiger partial charge in [-0.3, -0.25) is 9.59 Å². The number of Topliss-reactive ketones (excluding diaryl/α,β-unsaturated/α-hetero) is 2. The van der Waals surface area contributed by atoms with Crippen molar-refractivity contribution in [1.29, 1.82) is 0 Å². The minimum atomic E-state index is -0.105. The van der Waals surface area contributed by atoms with Crippen molar-refractivity contribution in [1.82, 2.24) is 0 Å². The zero-order valence-corrected chi connectivity index (χ0v) is 16.5. The maximum absolute atomic E-state index is 12.2. The van der Waals surface area contributed by atoms with Gasteiger partial charge in [-0.2, -0.15) is 0 Å². The Morgan fingerprint density at radius 1 is 0.778 bits per heavy atom. The summed E-state index contributed by atoms with van der Waals surface area (Å²) in [5.41, 5.74) is 2.71. The third-order valence-corrected chi connectivity index (χ3v) is 4.55. The van der Waals surface area contributed by atoms with Gasteiger partial charge in [0.15, 0.2) is 5.78 Å². The predicted molar refractivity (Wildman–Crippen MR) is 110 cm³/mol. The number of hydrogen-bond donors (Lipinski definition) is 0. The summed E-state index contributed by atoms with van der Waals surface area (Å²) in [6.45, 7) is 4.90. The van der Waals surface area contributed by atoms with Crippen LogP contribution in [-0.4, -0.2) is 18.2 Å². The van der Waals surface area contributed by atoms with Gasteiger partial charge in [0.25, 0.3) is 0 Å². The highest BCUT2D eigenvalue weighted by atomic mass is 16.5. The van der Waals surface area contributed by atoms with Crippen molar-refractivity contribution in [2.45, 2.75) is 58.8 Å². The number of ketones is 2. The number of benzene rings is 2. The van der Waals surface area contributed by atoms with E-state index in [0.717, 1.165) is 36.3 Å².